The summed E-state index contributed by atoms with van der Waals surface area (Å²) in [6, 6.07) is 0. The Kier molecular flexibility index (Phi) is 5.66. The summed E-state index contributed by atoms with van der Waals surface area (Å²) in [5.74, 6) is 1.25. The minimum atomic E-state index is 0.223. The van der Waals surface area contributed by atoms with Crippen LogP contribution in [0.15, 0.2) is 57.7 Å². The Hall–Kier alpha value is -1.96. The normalized spacial score (nSPS) is 27.9. The highest BCUT2D eigenvalue weighted by Crippen LogP contribution is 2.38. The smallest absolute Gasteiger partial charge is 0.185 e. The molecule has 0 atom stereocenters. The van der Waals surface area contributed by atoms with Gasteiger partial charge < -0.3 is 0 Å². The van der Waals surface area contributed by atoms with Gasteiger partial charge in [0.25, 0.3) is 0 Å². The van der Waals surface area contributed by atoms with Crippen LogP contribution >= 0.6 is 0 Å². The van der Waals surface area contributed by atoms with Crippen molar-refractivity contribution < 1.29 is 9.59 Å². The first-order valence-electron chi connectivity index (χ1n) is 11.2. The zero-order chi connectivity index (χ0) is 19.7. The van der Waals surface area contributed by atoms with Crippen LogP contribution in [0, 0.1) is 11.8 Å². The van der Waals surface area contributed by atoms with Gasteiger partial charge in [0.1, 0.15) is 0 Å². The van der Waals surface area contributed by atoms with Crippen molar-refractivity contribution in [2.75, 3.05) is 0 Å². The van der Waals surface area contributed by atoms with Gasteiger partial charge in [-0.25, -0.2) is 0 Å². The summed E-state index contributed by atoms with van der Waals surface area (Å²) in [7, 11) is 0. The Bertz CT molecular complexity index is 762. The third-order valence-electron chi connectivity index (χ3n) is 7.03. The predicted octanol–water partition coefficient (Wildman–Crippen LogP) is 6.35. The molecule has 4 aliphatic rings. The van der Waals surface area contributed by atoms with Gasteiger partial charge in [-0.2, -0.15) is 0 Å². The van der Waals surface area contributed by atoms with Crippen molar-refractivity contribution >= 4 is 11.6 Å². The summed E-state index contributed by atoms with van der Waals surface area (Å²) < 4.78 is 0. The van der Waals surface area contributed by atoms with Crippen molar-refractivity contribution in [3.8, 4) is 0 Å². The van der Waals surface area contributed by atoms with Crippen LogP contribution in [-0.4, -0.2) is 11.6 Å². The zero-order valence-electron chi connectivity index (χ0n) is 17.4. The fraction of sp³-hybridized carbons (Fsp3) is 0.538. The summed E-state index contributed by atoms with van der Waals surface area (Å²) in [6.07, 6.45) is 20.3. The number of rotatable bonds is 2. The number of ketones is 2. The van der Waals surface area contributed by atoms with Crippen molar-refractivity contribution in [1.29, 1.82) is 0 Å². The van der Waals surface area contributed by atoms with E-state index in [1.807, 2.05) is 26.0 Å². The second-order valence-electron chi connectivity index (χ2n) is 9.09. The highest BCUT2D eigenvalue weighted by molar-refractivity contribution is 6.12. The Labute approximate surface area is 169 Å². The molecule has 28 heavy (non-hydrogen) atoms. The molecule has 2 saturated carbocycles. The molecular weight excluding hydrogens is 344 g/mol. The predicted molar refractivity (Wildman–Crippen MR) is 114 cm³/mol. The number of hydrogen-bond acceptors (Lipinski definition) is 2. The maximum absolute atomic E-state index is 12.8. The zero-order valence-corrected chi connectivity index (χ0v) is 17.4. The van der Waals surface area contributed by atoms with Crippen LogP contribution in [0.2, 0.25) is 0 Å². The first-order chi connectivity index (χ1) is 13.5. The molecule has 0 heterocycles. The molecule has 148 valence electrons. The molecule has 2 nitrogen and oxygen atoms in total. The van der Waals surface area contributed by atoms with E-state index in [0.717, 1.165) is 59.1 Å². The van der Waals surface area contributed by atoms with E-state index in [1.165, 1.54) is 38.5 Å². The molecule has 0 bridgehead atoms. The molecule has 4 rings (SSSR count). The fourth-order valence-electron chi connectivity index (χ4n) is 5.37. The van der Waals surface area contributed by atoms with Gasteiger partial charge in [0, 0.05) is 11.1 Å². The maximum Gasteiger partial charge on any atom is 0.185 e. The molecule has 0 saturated heterocycles. The van der Waals surface area contributed by atoms with Crippen molar-refractivity contribution in [3.63, 3.8) is 0 Å². The van der Waals surface area contributed by atoms with Crippen LogP contribution < -0.4 is 0 Å². The van der Waals surface area contributed by atoms with E-state index in [9.17, 15) is 9.59 Å². The first-order valence-corrected chi connectivity index (χ1v) is 11.2. The Morgan fingerprint density at radius 1 is 0.571 bits per heavy atom. The number of Topliss-reactive ketones (excluding diaryl/α,β-unsaturated/α-hetero) is 2. The van der Waals surface area contributed by atoms with E-state index in [-0.39, 0.29) is 11.6 Å². The van der Waals surface area contributed by atoms with Crippen molar-refractivity contribution in [2.45, 2.75) is 78.1 Å². The lowest BCUT2D eigenvalue weighted by Gasteiger charge is -2.28. The van der Waals surface area contributed by atoms with Crippen LogP contribution in [-0.2, 0) is 9.59 Å². The molecule has 0 aromatic heterocycles. The third-order valence-corrected chi connectivity index (χ3v) is 7.03. The average Bonchev–Trinajstić information content (AvgIpc) is 2.73. The fourth-order valence-corrected chi connectivity index (χ4v) is 5.37. The van der Waals surface area contributed by atoms with Gasteiger partial charge >= 0.3 is 0 Å². The minimum Gasteiger partial charge on any atom is -0.289 e. The van der Waals surface area contributed by atoms with E-state index in [1.54, 1.807) is 0 Å². The van der Waals surface area contributed by atoms with Gasteiger partial charge in [0.05, 0.1) is 0 Å². The maximum atomic E-state index is 12.8. The van der Waals surface area contributed by atoms with E-state index >= 15 is 0 Å². The van der Waals surface area contributed by atoms with Gasteiger partial charge in [-0.3, -0.25) is 9.59 Å². The van der Waals surface area contributed by atoms with Crippen LogP contribution in [0.1, 0.15) is 78.1 Å². The molecule has 0 unspecified atom stereocenters. The molecule has 0 radical (unpaired) electrons. The Morgan fingerprint density at radius 3 is 1.29 bits per heavy atom. The number of allylic oxidation sites excluding steroid dienone is 10. The van der Waals surface area contributed by atoms with E-state index in [4.69, 9.17) is 0 Å². The second-order valence-corrected chi connectivity index (χ2v) is 9.09. The molecule has 0 aromatic rings. The highest BCUT2D eigenvalue weighted by Gasteiger charge is 2.29. The lowest BCUT2D eigenvalue weighted by molar-refractivity contribution is -0.113. The van der Waals surface area contributed by atoms with Crippen molar-refractivity contribution in [1.82, 2.24) is 0 Å². The molecule has 2 heteroatoms. The molecular formula is C26H32O2. The number of carbonyl (C=O) groups excluding carboxylic acids is 2. The van der Waals surface area contributed by atoms with Gasteiger partial charge in [0.15, 0.2) is 11.6 Å². The molecule has 0 spiro atoms. The van der Waals surface area contributed by atoms with Crippen molar-refractivity contribution in [3.05, 3.63) is 57.7 Å². The monoisotopic (exact) mass is 376 g/mol. The van der Waals surface area contributed by atoms with Crippen molar-refractivity contribution in [2.24, 2.45) is 11.8 Å². The SMILES string of the molecule is CC1=C/C(=C2\C=C(C)C(=O)C(C3CCCCC3)=C2)C=C(C2CCCCC2)C1=O. The topological polar surface area (TPSA) is 34.1 Å². The van der Waals surface area contributed by atoms with Crippen LogP contribution in [0.3, 0.4) is 0 Å². The lowest BCUT2D eigenvalue weighted by atomic mass is 9.76. The summed E-state index contributed by atoms with van der Waals surface area (Å²) in [5, 5.41) is 0. The van der Waals surface area contributed by atoms with E-state index in [0.29, 0.717) is 11.8 Å². The second kappa shape index (κ2) is 8.19. The standard InChI is InChI=1S/C26H32O2/c1-17-13-21(15-23(25(17)27)19-9-5-3-6-10-19)22-14-18(2)26(28)24(16-22)20-11-7-4-8-12-20/h13-16,19-20H,3-12H2,1-2H3/b22-21-. The molecule has 0 aromatic carbocycles. The Morgan fingerprint density at radius 2 is 0.929 bits per heavy atom. The molecule has 0 amide bonds. The van der Waals surface area contributed by atoms with E-state index < -0.39 is 0 Å². The van der Waals surface area contributed by atoms with Gasteiger partial charge in [-0.1, -0.05) is 38.5 Å². The summed E-state index contributed by atoms with van der Waals surface area (Å²) >= 11 is 0. The van der Waals surface area contributed by atoms with E-state index in [2.05, 4.69) is 12.2 Å². The number of carbonyl (C=O) groups is 2. The minimum absolute atomic E-state index is 0.223. The Balaban J connectivity index is 1.74. The van der Waals surface area contributed by atoms with Gasteiger partial charge in [0.2, 0.25) is 0 Å². The molecule has 2 fully saturated rings. The largest absolute Gasteiger partial charge is 0.289 e. The van der Waals surface area contributed by atoms with Gasteiger partial charge in [-0.15, -0.1) is 0 Å². The first kappa shape index (κ1) is 19.4. The van der Waals surface area contributed by atoms with Crippen LogP contribution in [0.4, 0.5) is 0 Å². The summed E-state index contributed by atoms with van der Waals surface area (Å²) in [5.41, 5.74) is 5.88. The molecule has 4 aliphatic carbocycles. The summed E-state index contributed by atoms with van der Waals surface area (Å²) in [6.45, 7) is 3.88. The molecule has 0 N–H and O–H groups in total. The third kappa shape index (κ3) is 3.79. The highest BCUT2D eigenvalue weighted by atomic mass is 16.1. The molecule has 0 aliphatic heterocycles. The quantitative estimate of drug-likeness (QED) is 0.562. The average molecular weight is 377 g/mol. The lowest BCUT2D eigenvalue weighted by Crippen LogP contribution is -2.21. The van der Waals surface area contributed by atoms with Crippen LogP contribution in [0.5, 0.6) is 0 Å². The summed E-state index contributed by atoms with van der Waals surface area (Å²) in [4.78, 5) is 25.7. The van der Waals surface area contributed by atoms with Crippen LogP contribution in [0.25, 0.3) is 0 Å². The van der Waals surface area contributed by atoms with Gasteiger partial charge in [-0.05, 0) is 98.0 Å². The number of hydrogen-bond donors (Lipinski definition) is 0.